The zero-order valence-electron chi connectivity index (χ0n) is 15.6. The fourth-order valence-corrected chi connectivity index (χ4v) is 3.64. The molecule has 4 aromatic rings. The molecule has 146 valence electrons. The molecule has 3 N–H and O–H groups in total. The number of nitrogens with two attached hydrogens (primary N) is 1. The van der Waals surface area contributed by atoms with Gasteiger partial charge in [-0.25, -0.2) is 15.0 Å². The van der Waals surface area contributed by atoms with E-state index >= 15 is 0 Å². The number of aromatic nitrogens is 4. The fourth-order valence-electron chi connectivity index (χ4n) is 2.99. The van der Waals surface area contributed by atoms with E-state index in [9.17, 15) is 9.59 Å². The van der Waals surface area contributed by atoms with Crippen molar-refractivity contribution in [1.29, 1.82) is 0 Å². The monoisotopic (exact) mass is 406 g/mol. The lowest BCUT2D eigenvalue weighted by molar-refractivity contribution is 0.0946. The number of fused-ring (bicyclic) bond motifs is 1. The van der Waals surface area contributed by atoms with Gasteiger partial charge in [-0.2, -0.15) is 0 Å². The third-order valence-corrected chi connectivity index (χ3v) is 5.19. The Balaban J connectivity index is 1.68. The van der Waals surface area contributed by atoms with Crippen LogP contribution in [0.25, 0.3) is 16.9 Å². The number of aryl methyl sites for hydroxylation is 1. The summed E-state index contributed by atoms with van der Waals surface area (Å²) < 4.78 is 1.48. The molecule has 0 unspecified atom stereocenters. The summed E-state index contributed by atoms with van der Waals surface area (Å²) in [6.45, 7) is 2.38. The molecule has 9 heteroatoms. The average molecular weight is 406 g/mol. The second-order valence-corrected chi connectivity index (χ2v) is 7.47. The molecule has 0 fully saturated rings. The Bertz CT molecular complexity index is 1200. The van der Waals surface area contributed by atoms with Gasteiger partial charge in [0.15, 0.2) is 11.3 Å². The van der Waals surface area contributed by atoms with Gasteiger partial charge in [0.1, 0.15) is 12.0 Å². The number of carbonyl (C=O) groups is 2. The Labute approximate surface area is 170 Å². The highest BCUT2D eigenvalue weighted by Crippen LogP contribution is 2.21. The van der Waals surface area contributed by atoms with Crippen molar-refractivity contribution in [1.82, 2.24) is 24.7 Å². The lowest BCUT2D eigenvalue weighted by Crippen LogP contribution is -2.28. The molecule has 0 saturated heterocycles. The number of hydrogen-bond donors (Lipinski definition) is 2. The maximum absolute atomic E-state index is 12.9. The maximum atomic E-state index is 12.9. The van der Waals surface area contributed by atoms with Crippen molar-refractivity contribution in [2.24, 2.45) is 5.73 Å². The van der Waals surface area contributed by atoms with Crippen LogP contribution in [0.3, 0.4) is 0 Å². The number of hydrogen-bond acceptors (Lipinski definition) is 6. The molecule has 4 rings (SSSR count). The molecule has 3 aromatic heterocycles. The van der Waals surface area contributed by atoms with Crippen LogP contribution in [0.1, 0.15) is 31.7 Å². The van der Waals surface area contributed by atoms with Crippen LogP contribution in [0.5, 0.6) is 0 Å². The number of rotatable bonds is 6. The minimum absolute atomic E-state index is 0.0229. The predicted octanol–water partition coefficient (Wildman–Crippen LogP) is 2.23. The van der Waals surface area contributed by atoms with E-state index in [1.807, 2.05) is 42.6 Å². The standard InChI is InChI=1S/C20H18N6O2S/c1-12-24-14(10-29-12)7-8-22-20(28)16-9-15(13-5-3-2-4-6-13)25-19-17(18(21)27)23-11-26(16)19/h2-6,9-11H,7-8H2,1H3,(H2,21,27)(H,22,28). The highest BCUT2D eigenvalue weighted by atomic mass is 32.1. The first-order valence-electron chi connectivity index (χ1n) is 8.95. The van der Waals surface area contributed by atoms with Crippen LogP contribution in [0.15, 0.2) is 48.1 Å². The van der Waals surface area contributed by atoms with Crippen molar-refractivity contribution in [3.63, 3.8) is 0 Å². The number of benzene rings is 1. The lowest BCUT2D eigenvalue weighted by Gasteiger charge is -2.10. The first-order chi connectivity index (χ1) is 14.0. The minimum atomic E-state index is -0.699. The summed E-state index contributed by atoms with van der Waals surface area (Å²) in [5.74, 6) is -0.995. The molecular weight excluding hydrogens is 388 g/mol. The molecule has 0 radical (unpaired) electrons. The number of thiazole rings is 1. The van der Waals surface area contributed by atoms with Crippen LogP contribution >= 0.6 is 11.3 Å². The number of primary amides is 1. The van der Waals surface area contributed by atoms with Gasteiger partial charge < -0.3 is 11.1 Å². The number of nitrogens with one attached hydrogen (secondary N) is 1. The van der Waals surface area contributed by atoms with Crippen molar-refractivity contribution in [3.8, 4) is 11.3 Å². The van der Waals surface area contributed by atoms with Crippen molar-refractivity contribution in [3.05, 3.63) is 70.2 Å². The number of nitrogens with zero attached hydrogens (tertiary/aromatic N) is 4. The maximum Gasteiger partial charge on any atom is 0.271 e. The zero-order valence-corrected chi connectivity index (χ0v) is 16.4. The van der Waals surface area contributed by atoms with Gasteiger partial charge in [0.2, 0.25) is 0 Å². The Kier molecular flexibility index (Phi) is 5.05. The van der Waals surface area contributed by atoms with Gasteiger partial charge in [0.25, 0.3) is 11.8 Å². The summed E-state index contributed by atoms with van der Waals surface area (Å²) in [5, 5.41) is 5.87. The van der Waals surface area contributed by atoms with Crippen molar-refractivity contribution < 1.29 is 9.59 Å². The number of carbonyl (C=O) groups excluding carboxylic acids is 2. The lowest BCUT2D eigenvalue weighted by atomic mass is 10.1. The minimum Gasteiger partial charge on any atom is -0.364 e. The average Bonchev–Trinajstić information content (AvgIpc) is 3.33. The summed E-state index contributed by atoms with van der Waals surface area (Å²) >= 11 is 1.58. The van der Waals surface area contributed by atoms with Crippen LogP contribution in [0.2, 0.25) is 0 Å². The van der Waals surface area contributed by atoms with E-state index in [0.29, 0.717) is 24.4 Å². The van der Waals surface area contributed by atoms with E-state index in [-0.39, 0.29) is 17.2 Å². The van der Waals surface area contributed by atoms with Gasteiger partial charge in [-0.15, -0.1) is 11.3 Å². The third-order valence-electron chi connectivity index (χ3n) is 4.37. The van der Waals surface area contributed by atoms with E-state index in [4.69, 9.17) is 5.73 Å². The van der Waals surface area contributed by atoms with E-state index in [1.165, 1.54) is 10.7 Å². The third kappa shape index (κ3) is 3.85. The Hall–Kier alpha value is -3.59. The van der Waals surface area contributed by atoms with Gasteiger partial charge in [-0.05, 0) is 13.0 Å². The van der Waals surface area contributed by atoms with Gasteiger partial charge in [-0.3, -0.25) is 14.0 Å². The normalized spacial score (nSPS) is 10.9. The second kappa shape index (κ2) is 7.80. The molecule has 0 atom stereocenters. The van der Waals surface area contributed by atoms with E-state index in [1.54, 1.807) is 17.4 Å². The van der Waals surface area contributed by atoms with Crippen molar-refractivity contribution in [2.75, 3.05) is 6.54 Å². The smallest absolute Gasteiger partial charge is 0.271 e. The molecule has 1 aromatic carbocycles. The number of imidazole rings is 1. The van der Waals surface area contributed by atoms with E-state index < -0.39 is 5.91 Å². The zero-order chi connectivity index (χ0) is 20.4. The fraction of sp³-hybridized carbons (Fsp3) is 0.150. The van der Waals surface area contributed by atoms with Crippen LogP contribution in [-0.4, -0.2) is 37.7 Å². The van der Waals surface area contributed by atoms with Gasteiger partial charge in [0, 0.05) is 23.9 Å². The summed E-state index contributed by atoms with van der Waals surface area (Å²) in [4.78, 5) is 37.6. The first kappa shape index (κ1) is 18.8. The Morgan fingerprint density at radius 1 is 1.21 bits per heavy atom. The molecule has 0 saturated carbocycles. The molecule has 0 spiro atoms. The second-order valence-electron chi connectivity index (χ2n) is 6.41. The van der Waals surface area contributed by atoms with E-state index in [2.05, 4.69) is 20.3 Å². The van der Waals surface area contributed by atoms with Gasteiger partial charge >= 0.3 is 0 Å². The van der Waals surface area contributed by atoms with Crippen LogP contribution in [0, 0.1) is 6.92 Å². The molecule has 0 aliphatic heterocycles. The summed E-state index contributed by atoms with van der Waals surface area (Å²) in [6, 6.07) is 11.1. The van der Waals surface area contributed by atoms with Crippen LogP contribution in [0.4, 0.5) is 0 Å². The summed E-state index contributed by atoms with van der Waals surface area (Å²) in [5.41, 5.74) is 8.34. The molecule has 8 nitrogen and oxygen atoms in total. The largest absolute Gasteiger partial charge is 0.364 e. The van der Waals surface area contributed by atoms with Crippen LogP contribution in [-0.2, 0) is 6.42 Å². The molecule has 29 heavy (non-hydrogen) atoms. The highest BCUT2D eigenvalue weighted by molar-refractivity contribution is 7.09. The summed E-state index contributed by atoms with van der Waals surface area (Å²) in [6.07, 6.45) is 2.02. The highest BCUT2D eigenvalue weighted by Gasteiger charge is 2.19. The topological polar surface area (TPSA) is 115 Å². The van der Waals surface area contributed by atoms with Gasteiger partial charge in [-0.1, -0.05) is 30.3 Å². The molecular formula is C20H18N6O2S. The van der Waals surface area contributed by atoms with Gasteiger partial charge in [0.05, 0.1) is 16.4 Å². The Morgan fingerprint density at radius 3 is 2.69 bits per heavy atom. The summed E-state index contributed by atoms with van der Waals surface area (Å²) in [7, 11) is 0. The quantitative estimate of drug-likeness (QED) is 0.509. The van der Waals surface area contributed by atoms with Crippen molar-refractivity contribution in [2.45, 2.75) is 13.3 Å². The van der Waals surface area contributed by atoms with Crippen molar-refractivity contribution >= 4 is 28.8 Å². The molecule has 0 bridgehead atoms. The predicted molar refractivity (Wildman–Crippen MR) is 110 cm³/mol. The van der Waals surface area contributed by atoms with E-state index in [0.717, 1.165) is 16.3 Å². The van der Waals surface area contributed by atoms with Crippen LogP contribution < -0.4 is 11.1 Å². The first-order valence-corrected chi connectivity index (χ1v) is 9.83. The molecule has 2 amide bonds. The Morgan fingerprint density at radius 2 is 2.00 bits per heavy atom. The molecule has 0 aliphatic rings. The number of amides is 2. The SMILES string of the molecule is Cc1nc(CCNC(=O)c2cc(-c3ccccc3)nc3c(C(N)=O)ncn23)cs1. The molecule has 3 heterocycles. The molecule has 0 aliphatic carbocycles.